The lowest BCUT2D eigenvalue weighted by Crippen LogP contribution is -2.50. The fourth-order valence-electron chi connectivity index (χ4n) is 5.42. The van der Waals surface area contributed by atoms with Gasteiger partial charge in [0.15, 0.2) is 0 Å². The van der Waals surface area contributed by atoms with Gasteiger partial charge in [-0.2, -0.15) is 13.2 Å². The first-order valence-corrected chi connectivity index (χ1v) is 16.2. The summed E-state index contributed by atoms with van der Waals surface area (Å²) in [5.41, 5.74) is 0.398. The second-order valence-corrected chi connectivity index (χ2v) is 10.4. The first-order valence-electron chi connectivity index (χ1n) is 16.2. The van der Waals surface area contributed by atoms with Crippen LogP contribution in [0.25, 0.3) is 0 Å². The SMILES string of the molecule is CC.CC.CC.CN(C)C1=NCCO1.COC1COCCC1NC1CCC(C(=O)N2CCc3ncc(C(F)(F)F)cc3C2)C1. The van der Waals surface area contributed by atoms with Gasteiger partial charge in [-0.3, -0.25) is 9.78 Å². The molecule has 254 valence electrons. The second kappa shape index (κ2) is 20.6. The molecule has 2 fully saturated rings. The van der Waals surface area contributed by atoms with Crippen LogP contribution in [0.4, 0.5) is 13.2 Å². The van der Waals surface area contributed by atoms with Crippen LogP contribution in [-0.4, -0.2) is 99.0 Å². The van der Waals surface area contributed by atoms with Crippen LogP contribution in [0, 0.1) is 5.92 Å². The molecule has 4 atom stereocenters. The molecule has 0 radical (unpaired) electrons. The molecule has 5 rings (SSSR count). The van der Waals surface area contributed by atoms with Crippen molar-refractivity contribution in [3.63, 3.8) is 0 Å². The summed E-state index contributed by atoms with van der Waals surface area (Å²) in [5, 5.41) is 3.64. The van der Waals surface area contributed by atoms with Crippen LogP contribution < -0.4 is 5.32 Å². The molecule has 1 saturated carbocycles. The van der Waals surface area contributed by atoms with Gasteiger partial charge in [0.1, 0.15) is 6.61 Å². The number of pyridine rings is 1. The lowest BCUT2D eigenvalue weighted by Gasteiger charge is -2.33. The number of nitrogens with one attached hydrogen (secondary N) is 1. The van der Waals surface area contributed by atoms with Crippen molar-refractivity contribution in [2.24, 2.45) is 10.9 Å². The highest BCUT2D eigenvalue weighted by atomic mass is 19.4. The quantitative estimate of drug-likeness (QED) is 0.466. The summed E-state index contributed by atoms with van der Waals surface area (Å²) >= 11 is 0. The summed E-state index contributed by atoms with van der Waals surface area (Å²) in [6.45, 7) is 15.5. The molecule has 0 spiro atoms. The van der Waals surface area contributed by atoms with Crippen molar-refractivity contribution in [2.45, 2.75) is 105 Å². The Balaban J connectivity index is 0.000000583. The van der Waals surface area contributed by atoms with Gasteiger partial charge in [-0.05, 0) is 37.3 Å². The molecule has 9 nitrogen and oxygen atoms in total. The summed E-state index contributed by atoms with van der Waals surface area (Å²) < 4.78 is 55.1. The summed E-state index contributed by atoms with van der Waals surface area (Å²) in [7, 11) is 5.52. The minimum atomic E-state index is -4.43. The van der Waals surface area contributed by atoms with Crippen molar-refractivity contribution in [3.8, 4) is 0 Å². The molecule has 1 amide bonds. The zero-order valence-electron chi connectivity index (χ0n) is 28.3. The number of carbonyl (C=O) groups is 1. The van der Waals surface area contributed by atoms with Crippen LogP contribution in [0.2, 0.25) is 0 Å². The average molecular weight is 632 g/mol. The van der Waals surface area contributed by atoms with Crippen LogP contribution in [0.15, 0.2) is 17.3 Å². The van der Waals surface area contributed by atoms with E-state index in [2.05, 4.69) is 15.3 Å². The highest BCUT2D eigenvalue weighted by Gasteiger charge is 2.37. The Labute approximate surface area is 262 Å². The van der Waals surface area contributed by atoms with Crippen LogP contribution in [0.1, 0.15) is 84.0 Å². The Morgan fingerprint density at radius 1 is 1.09 bits per heavy atom. The molecule has 3 aliphatic heterocycles. The van der Waals surface area contributed by atoms with E-state index in [1.165, 1.54) is 0 Å². The number of methoxy groups -OCH3 is 1. The van der Waals surface area contributed by atoms with Crippen molar-refractivity contribution in [1.29, 1.82) is 0 Å². The topological polar surface area (TPSA) is 88.5 Å². The van der Waals surface area contributed by atoms with Gasteiger partial charge in [0, 0.05) is 77.2 Å². The number of carbonyl (C=O) groups excluding carboxylic acids is 1. The molecule has 12 heteroatoms. The predicted molar refractivity (Wildman–Crippen MR) is 169 cm³/mol. The smallest absolute Gasteiger partial charge is 0.417 e. The third kappa shape index (κ3) is 11.8. The molecule has 0 bridgehead atoms. The van der Waals surface area contributed by atoms with Gasteiger partial charge in [-0.1, -0.05) is 41.5 Å². The molecule has 1 saturated heterocycles. The minimum absolute atomic E-state index is 0.0161. The fourth-order valence-corrected chi connectivity index (χ4v) is 5.42. The maximum absolute atomic E-state index is 13.1. The van der Waals surface area contributed by atoms with Gasteiger partial charge in [0.2, 0.25) is 5.91 Å². The van der Waals surface area contributed by atoms with Gasteiger partial charge in [-0.15, -0.1) is 0 Å². The number of rotatable bonds is 4. The van der Waals surface area contributed by atoms with Crippen LogP contribution in [-0.2, 0) is 38.1 Å². The van der Waals surface area contributed by atoms with Crippen molar-refractivity contribution in [1.82, 2.24) is 20.1 Å². The van der Waals surface area contributed by atoms with Gasteiger partial charge in [0.05, 0.1) is 24.8 Å². The number of aromatic nitrogens is 1. The highest BCUT2D eigenvalue weighted by molar-refractivity contribution is 5.79. The van der Waals surface area contributed by atoms with Crippen molar-refractivity contribution >= 4 is 11.9 Å². The largest absolute Gasteiger partial charge is 0.463 e. The molecule has 4 unspecified atom stereocenters. The van der Waals surface area contributed by atoms with E-state index in [1.54, 1.807) is 12.0 Å². The predicted octanol–water partition coefficient (Wildman–Crippen LogP) is 5.56. The summed E-state index contributed by atoms with van der Waals surface area (Å²) in [6.07, 6.45) is 0.293. The monoisotopic (exact) mass is 631 g/mol. The molecule has 1 N–H and O–H groups in total. The van der Waals surface area contributed by atoms with E-state index in [1.807, 2.05) is 60.5 Å². The van der Waals surface area contributed by atoms with Gasteiger partial charge >= 0.3 is 6.18 Å². The average Bonchev–Trinajstić information content (AvgIpc) is 3.77. The zero-order valence-corrected chi connectivity index (χ0v) is 28.3. The third-order valence-corrected chi connectivity index (χ3v) is 7.47. The van der Waals surface area contributed by atoms with E-state index in [4.69, 9.17) is 14.2 Å². The van der Waals surface area contributed by atoms with Gasteiger partial charge in [0.25, 0.3) is 6.02 Å². The van der Waals surface area contributed by atoms with Crippen molar-refractivity contribution < 1.29 is 32.2 Å². The maximum Gasteiger partial charge on any atom is 0.417 e. The molecular weight excluding hydrogens is 575 g/mol. The molecule has 44 heavy (non-hydrogen) atoms. The third-order valence-electron chi connectivity index (χ3n) is 7.47. The van der Waals surface area contributed by atoms with E-state index < -0.39 is 11.7 Å². The Morgan fingerprint density at radius 2 is 1.80 bits per heavy atom. The Hall–Kier alpha value is -2.44. The number of nitrogens with zero attached hydrogens (tertiary/aromatic N) is 4. The van der Waals surface area contributed by atoms with Crippen molar-refractivity contribution in [2.75, 3.05) is 54.1 Å². The van der Waals surface area contributed by atoms with Crippen molar-refractivity contribution in [3.05, 3.63) is 29.1 Å². The summed E-state index contributed by atoms with van der Waals surface area (Å²) in [5.74, 6) is -0.0544. The number of ether oxygens (including phenoxy) is 3. The fraction of sp³-hybridized carbons (Fsp3) is 0.781. The van der Waals surface area contributed by atoms with E-state index in [9.17, 15) is 18.0 Å². The number of amidine groups is 1. The number of amides is 1. The summed E-state index contributed by atoms with van der Waals surface area (Å²) in [4.78, 5) is 24.7. The Kier molecular flexibility index (Phi) is 18.5. The van der Waals surface area contributed by atoms with E-state index >= 15 is 0 Å². The van der Waals surface area contributed by atoms with Gasteiger partial charge < -0.3 is 29.3 Å². The number of aliphatic imine (C=N–C) groups is 1. The van der Waals surface area contributed by atoms with Gasteiger partial charge in [-0.25, -0.2) is 4.99 Å². The van der Waals surface area contributed by atoms with Crippen LogP contribution in [0.3, 0.4) is 0 Å². The van der Waals surface area contributed by atoms with E-state index in [0.29, 0.717) is 37.4 Å². The number of fused-ring (bicyclic) bond motifs is 1. The standard InChI is InChI=1S/C21H28F3N3O3.C5H10N2O.3C2H6/c1-29-19-12-30-7-5-18(19)26-16-3-2-13(9-16)20(28)27-6-4-17-14(11-27)8-15(10-25-17)21(22,23)24;1-7(2)5-6-3-4-8-5;3*1-2/h8,10,13,16,18-19,26H,2-7,9,11-12H2,1H3;3-4H2,1-2H3;3*1-2H3. The first kappa shape index (κ1) is 39.6. The van der Waals surface area contributed by atoms with E-state index in [0.717, 1.165) is 57.1 Å². The highest BCUT2D eigenvalue weighted by Crippen LogP contribution is 2.33. The molecule has 4 heterocycles. The lowest BCUT2D eigenvalue weighted by atomic mass is 10.00. The number of hydrogen-bond donors (Lipinski definition) is 1. The maximum atomic E-state index is 13.1. The molecule has 1 aromatic heterocycles. The number of alkyl halides is 3. The second-order valence-electron chi connectivity index (χ2n) is 10.4. The lowest BCUT2D eigenvalue weighted by molar-refractivity contribution is -0.138. The van der Waals surface area contributed by atoms with Crippen LogP contribution >= 0.6 is 0 Å². The molecule has 4 aliphatic rings. The first-order chi connectivity index (χ1) is 21.2. The number of halogens is 3. The molecule has 1 aliphatic carbocycles. The zero-order chi connectivity index (χ0) is 33.3. The normalized spacial score (nSPS) is 23.8. The van der Waals surface area contributed by atoms with Crippen LogP contribution in [0.5, 0.6) is 0 Å². The Bertz CT molecular complexity index is 993. The van der Waals surface area contributed by atoms with E-state index in [-0.39, 0.29) is 36.6 Å². The Morgan fingerprint density at radius 3 is 2.36 bits per heavy atom. The molecule has 0 aromatic carbocycles. The molecule has 1 aromatic rings. The number of hydrogen-bond acceptors (Lipinski definition) is 8. The summed E-state index contributed by atoms with van der Waals surface area (Å²) in [6, 6.07) is 2.35. The minimum Gasteiger partial charge on any atom is -0.463 e. The molecular formula is C32H56F3N5O4.